The van der Waals surface area contributed by atoms with E-state index in [1.807, 2.05) is 26.0 Å². The number of allylic oxidation sites excluding steroid dienone is 1. The van der Waals surface area contributed by atoms with E-state index in [2.05, 4.69) is 13.0 Å². The number of hydrogen-bond donors (Lipinski definition) is 1. The molecule has 0 aliphatic rings. The van der Waals surface area contributed by atoms with Gasteiger partial charge < -0.3 is 9.84 Å². The molecule has 0 unspecified atom stereocenters. The fourth-order valence-electron chi connectivity index (χ4n) is 1.89. The third kappa shape index (κ3) is 4.78. The number of aryl methyl sites for hydroxylation is 1. The molecule has 0 atom stereocenters. The molecule has 0 saturated heterocycles. The van der Waals surface area contributed by atoms with Gasteiger partial charge >= 0.3 is 5.97 Å². The van der Waals surface area contributed by atoms with Crippen molar-refractivity contribution in [1.29, 1.82) is 0 Å². The second kappa shape index (κ2) is 7.62. The first-order valence-electron chi connectivity index (χ1n) is 6.73. The summed E-state index contributed by atoms with van der Waals surface area (Å²) in [7, 11) is 0. The molecule has 0 saturated carbocycles. The maximum absolute atomic E-state index is 10.7. The standard InChI is InChI=1S/C16H22O3/c1-4-10-19-15-8-6-12(3)11-14(15)13(5-2)7-9-16(17)18/h6-8,11H,4-5,9-10H2,1-3H3,(H,17,18)/b13-7+. The normalized spacial score (nSPS) is 11.4. The van der Waals surface area contributed by atoms with E-state index in [0.29, 0.717) is 6.61 Å². The van der Waals surface area contributed by atoms with E-state index in [1.165, 1.54) is 0 Å². The van der Waals surface area contributed by atoms with Gasteiger partial charge in [0.15, 0.2) is 0 Å². The van der Waals surface area contributed by atoms with Crippen molar-refractivity contribution in [2.75, 3.05) is 6.61 Å². The van der Waals surface area contributed by atoms with Crippen LogP contribution in [0.4, 0.5) is 0 Å². The molecule has 0 heterocycles. The van der Waals surface area contributed by atoms with Gasteiger partial charge in [-0.2, -0.15) is 0 Å². The monoisotopic (exact) mass is 262 g/mol. The minimum atomic E-state index is -0.811. The van der Waals surface area contributed by atoms with E-state index in [1.54, 1.807) is 6.08 Å². The van der Waals surface area contributed by atoms with Crippen molar-refractivity contribution < 1.29 is 14.6 Å². The smallest absolute Gasteiger partial charge is 0.307 e. The largest absolute Gasteiger partial charge is 0.493 e. The predicted molar refractivity (Wildman–Crippen MR) is 77.5 cm³/mol. The molecule has 0 amide bonds. The van der Waals surface area contributed by atoms with Gasteiger partial charge in [-0.05, 0) is 37.5 Å². The van der Waals surface area contributed by atoms with Crippen molar-refractivity contribution in [2.45, 2.75) is 40.0 Å². The molecular weight excluding hydrogens is 240 g/mol. The molecule has 104 valence electrons. The third-order valence-corrected chi connectivity index (χ3v) is 2.85. The third-order valence-electron chi connectivity index (χ3n) is 2.85. The molecule has 1 aromatic carbocycles. The minimum Gasteiger partial charge on any atom is -0.493 e. The number of hydrogen-bond acceptors (Lipinski definition) is 2. The van der Waals surface area contributed by atoms with Crippen LogP contribution in [0.3, 0.4) is 0 Å². The molecule has 0 spiro atoms. The number of carboxylic acids is 1. The van der Waals surface area contributed by atoms with Gasteiger partial charge in [-0.1, -0.05) is 31.6 Å². The molecule has 0 aliphatic heterocycles. The molecule has 0 fully saturated rings. The molecule has 1 rings (SSSR count). The fraction of sp³-hybridized carbons (Fsp3) is 0.438. The van der Waals surface area contributed by atoms with Crippen LogP contribution in [0, 0.1) is 6.92 Å². The Bertz CT molecular complexity index is 461. The minimum absolute atomic E-state index is 0.0460. The van der Waals surface area contributed by atoms with Crippen molar-refractivity contribution >= 4 is 11.5 Å². The molecule has 1 aromatic rings. The van der Waals surface area contributed by atoms with Crippen LogP contribution in [0.15, 0.2) is 24.3 Å². The van der Waals surface area contributed by atoms with Gasteiger partial charge in [0.05, 0.1) is 13.0 Å². The highest BCUT2D eigenvalue weighted by atomic mass is 16.5. The Kier molecular flexibility index (Phi) is 6.13. The summed E-state index contributed by atoms with van der Waals surface area (Å²) >= 11 is 0. The highest BCUT2D eigenvalue weighted by molar-refractivity contribution is 5.76. The first-order valence-corrected chi connectivity index (χ1v) is 6.73. The van der Waals surface area contributed by atoms with E-state index >= 15 is 0 Å². The summed E-state index contributed by atoms with van der Waals surface area (Å²) in [4.78, 5) is 10.7. The van der Waals surface area contributed by atoms with Crippen LogP contribution in [-0.2, 0) is 4.79 Å². The number of ether oxygens (including phenoxy) is 1. The van der Waals surface area contributed by atoms with Crippen molar-refractivity contribution in [3.8, 4) is 5.75 Å². The van der Waals surface area contributed by atoms with E-state index in [-0.39, 0.29) is 6.42 Å². The molecule has 3 heteroatoms. The zero-order valence-corrected chi connectivity index (χ0v) is 11.9. The van der Waals surface area contributed by atoms with Crippen LogP contribution in [-0.4, -0.2) is 17.7 Å². The van der Waals surface area contributed by atoms with Gasteiger partial charge in [0.2, 0.25) is 0 Å². The number of benzene rings is 1. The molecule has 19 heavy (non-hydrogen) atoms. The van der Waals surface area contributed by atoms with Gasteiger partial charge in [-0.3, -0.25) is 4.79 Å². The highest BCUT2D eigenvalue weighted by Crippen LogP contribution is 2.29. The molecule has 1 N–H and O–H groups in total. The zero-order chi connectivity index (χ0) is 14.3. The van der Waals surface area contributed by atoms with Crippen LogP contribution in [0.1, 0.15) is 44.2 Å². The lowest BCUT2D eigenvalue weighted by Crippen LogP contribution is -2.00. The number of aliphatic carboxylic acids is 1. The van der Waals surface area contributed by atoms with Crippen molar-refractivity contribution in [3.05, 3.63) is 35.4 Å². The molecule has 0 aromatic heterocycles. The van der Waals surface area contributed by atoms with Crippen molar-refractivity contribution in [1.82, 2.24) is 0 Å². The van der Waals surface area contributed by atoms with E-state index in [4.69, 9.17) is 9.84 Å². The van der Waals surface area contributed by atoms with Gasteiger partial charge in [0.1, 0.15) is 5.75 Å². The Morgan fingerprint density at radius 1 is 1.37 bits per heavy atom. The Morgan fingerprint density at radius 3 is 2.68 bits per heavy atom. The Labute approximate surface area is 114 Å². The summed E-state index contributed by atoms with van der Waals surface area (Å²) < 4.78 is 5.74. The van der Waals surface area contributed by atoms with Gasteiger partial charge in [0.25, 0.3) is 0 Å². The molecule has 0 radical (unpaired) electrons. The summed E-state index contributed by atoms with van der Waals surface area (Å²) in [5.41, 5.74) is 3.18. The van der Waals surface area contributed by atoms with E-state index < -0.39 is 5.97 Å². The Morgan fingerprint density at radius 2 is 2.11 bits per heavy atom. The molecule has 0 aliphatic carbocycles. The lowest BCUT2D eigenvalue weighted by molar-refractivity contribution is -0.135. The maximum Gasteiger partial charge on any atom is 0.307 e. The van der Waals surface area contributed by atoms with E-state index in [9.17, 15) is 4.79 Å². The zero-order valence-electron chi connectivity index (χ0n) is 11.9. The van der Waals surface area contributed by atoms with Crippen LogP contribution in [0.25, 0.3) is 5.57 Å². The lowest BCUT2D eigenvalue weighted by Gasteiger charge is -2.14. The number of carbonyl (C=O) groups is 1. The quantitative estimate of drug-likeness (QED) is 0.806. The maximum atomic E-state index is 10.7. The highest BCUT2D eigenvalue weighted by Gasteiger charge is 2.09. The Balaban J connectivity index is 3.09. The first-order chi connectivity index (χ1) is 9.08. The van der Waals surface area contributed by atoms with Gasteiger partial charge in [0, 0.05) is 5.56 Å². The summed E-state index contributed by atoms with van der Waals surface area (Å²) in [5.74, 6) is 0.0283. The number of carboxylic acid groups (broad SMARTS) is 1. The average molecular weight is 262 g/mol. The average Bonchev–Trinajstić information content (AvgIpc) is 2.38. The summed E-state index contributed by atoms with van der Waals surface area (Å²) in [6, 6.07) is 6.03. The van der Waals surface area contributed by atoms with Gasteiger partial charge in [-0.15, -0.1) is 0 Å². The van der Waals surface area contributed by atoms with E-state index in [0.717, 1.165) is 35.3 Å². The van der Waals surface area contributed by atoms with Crippen LogP contribution in [0.5, 0.6) is 5.75 Å². The Hall–Kier alpha value is -1.77. The topological polar surface area (TPSA) is 46.5 Å². The van der Waals surface area contributed by atoms with Gasteiger partial charge in [-0.25, -0.2) is 0 Å². The summed E-state index contributed by atoms with van der Waals surface area (Å²) in [5, 5.41) is 8.79. The van der Waals surface area contributed by atoms with Crippen LogP contribution in [0.2, 0.25) is 0 Å². The predicted octanol–water partition coefficient (Wildman–Crippen LogP) is 4.05. The summed E-state index contributed by atoms with van der Waals surface area (Å²) in [6.07, 6.45) is 3.56. The van der Waals surface area contributed by atoms with Crippen molar-refractivity contribution in [3.63, 3.8) is 0 Å². The van der Waals surface area contributed by atoms with Crippen LogP contribution < -0.4 is 4.74 Å². The van der Waals surface area contributed by atoms with Crippen molar-refractivity contribution in [2.24, 2.45) is 0 Å². The van der Waals surface area contributed by atoms with Crippen LogP contribution >= 0.6 is 0 Å². The molecule has 3 nitrogen and oxygen atoms in total. The lowest BCUT2D eigenvalue weighted by atomic mass is 9.99. The molecule has 0 bridgehead atoms. The molecular formula is C16H22O3. The second-order valence-corrected chi connectivity index (χ2v) is 4.53. The fourth-order valence-corrected chi connectivity index (χ4v) is 1.89. The first kappa shape index (κ1) is 15.3. The SMILES string of the molecule is CCCOc1ccc(C)cc1/C(=C/CC(=O)O)CC. The number of rotatable bonds is 7. The summed E-state index contributed by atoms with van der Waals surface area (Å²) in [6.45, 7) is 6.79. The second-order valence-electron chi connectivity index (χ2n) is 4.53.